The van der Waals surface area contributed by atoms with Crippen LogP contribution < -0.4 is 0 Å². The molecule has 1 aromatic heterocycles. The highest BCUT2D eigenvalue weighted by Crippen LogP contribution is 2.29. The van der Waals surface area contributed by atoms with E-state index in [4.69, 9.17) is 0 Å². The summed E-state index contributed by atoms with van der Waals surface area (Å²) in [4.78, 5) is 0. The third-order valence-corrected chi connectivity index (χ3v) is 4.54. The smallest absolute Gasteiger partial charge is 0.0807 e. The third-order valence-electron chi connectivity index (χ3n) is 4.54. The highest BCUT2D eigenvalue weighted by Gasteiger charge is 2.18. The lowest BCUT2D eigenvalue weighted by molar-refractivity contribution is 0.166. The third kappa shape index (κ3) is 3.21. The van der Waals surface area contributed by atoms with Gasteiger partial charge < -0.3 is 9.67 Å². The van der Waals surface area contributed by atoms with Crippen LogP contribution in [-0.2, 0) is 13.0 Å². The summed E-state index contributed by atoms with van der Waals surface area (Å²) in [5, 5.41) is 10.2. The van der Waals surface area contributed by atoms with E-state index in [-0.39, 0.29) is 6.10 Å². The molecule has 0 spiro atoms. The lowest BCUT2D eigenvalue weighted by Gasteiger charge is -2.08. The largest absolute Gasteiger partial charge is 0.388 e. The van der Waals surface area contributed by atoms with Crippen molar-refractivity contribution >= 4 is 0 Å². The first-order valence-electron chi connectivity index (χ1n) is 8.09. The van der Waals surface area contributed by atoms with E-state index in [9.17, 15) is 5.11 Å². The first kappa shape index (κ1) is 14.4. The van der Waals surface area contributed by atoms with Gasteiger partial charge in [0.05, 0.1) is 6.10 Å². The highest BCUT2D eigenvalue weighted by molar-refractivity contribution is 5.30. The van der Waals surface area contributed by atoms with Crippen molar-refractivity contribution in [3.8, 4) is 0 Å². The van der Waals surface area contributed by atoms with Gasteiger partial charge in [-0.3, -0.25) is 0 Å². The van der Waals surface area contributed by atoms with Gasteiger partial charge >= 0.3 is 0 Å². The number of benzene rings is 1. The SMILES string of the molecule is CC(C)c1ccc(Cn2cc3c(c2)C(O)CCCC3)cc1. The maximum Gasteiger partial charge on any atom is 0.0807 e. The van der Waals surface area contributed by atoms with Crippen molar-refractivity contribution < 1.29 is 5.11 Å². The van der Waals surface area contributed by atoms with Crippen LogP contribution in [0.25, 0.3) is 0 Å². The van der Waals surface area contributed by atoms with Crippen molar-refractivity contribution in [1.29, 1.82) is 0 Å². The van der Waals surface area contributed by atoms with Gasteiger partial charge in [-0.05, 0) is 41.9 Å². The molecule has 0 amide bonds. The predicted octanol–water partition coefficient (Wildman–Crippen LogP) is 4.42. The van der Waals surface area contributed by atoms with Crippen LogP contribution in [0.3, 0.4) is 0 Å². The summed E-state index contributed by atoms with van der Waals surface area (Å²) < 4.78 is 2.23. The van der Waals surface area contributed by atoms with Gasteiger partial charge in [0.2, 0.25) is 0 Å². The zero-order chi connectivity index (χ0) is 14.8. The van der Waals surface area contributed by atoms with Gasteiger partial charge in [0.1, 0.15) is 0 Å². The van der Waals surface area contributed by atoms with Gasteiger partial charge in [0.15, 0.2) is 0 Å². The molecule has 0 fully saturated rings. The number of aryl methyl sites for hydroxylation is 1. The van der Waals surface area contributed by atoms with Crippen molar-refractivity contribution in [3.63, 3.8) is 0 Å². The molecule has 0 saturated carbocycles. The van der Waals surface area contributed by atoms with Crippen LogP contribution in [-0.4, -0.2) is 9.67 Å². The maximum absolute atomic E-state index is 10.2. The maximum atomic E-state index is 10.2. The van der Waals surface area contributed by atoms with E-state index in [2.05, 4.69) is 55.1 Å². The molecule has 2 nitrogen and oxygen atoms in total. The van der Waals surface area contributed by atoms with Crippen molar-refractivity contribution in [2.45, 2.75) is 58.1 Å². The van der Waals surface area contributed by atoms with Crippen LogP contribution in [0.15, 0.2) is 36.7 Å². The molecule has 0 aliphatic heterocycles. The average molecular weight is 283 g/mol. The molecule has 1 aliphatic carbocycles. The lowest BCUT2D eigenvalue weighted by atomic mass is 10.0. The first-order chi connectivity index (χ1) is 10.1. The van der Waals surface area contributed by atoms with Gasteiger partial charge in [0.25, 0.3) is 0 Å². The summed E-state index contributed by atoms with van der Waals surface area (Å²) in [7, 11) is 0. The Balaban J connectivity index is 1.77. The highest BCUT2D eigenvalue weighted by atomic mass is 16.3. The quantitative estimate of drug-likeness (QED) is 0.829. The van der Waals surface area contributed by atoms with E-state index in [0.717, 1.165) is 31.4 Å². The van der Waals surface area contributed by atoms with Crippen LogP contribution in [0, 0.1) is 0 Å². The van der Waals surface area contributed by atoms with Gasteiger partial charge in [-0.15, -0.1) is 0 Å². The minimum absolute atomic E-state index is 0.271. The van der Waals surface area contributed by atoms with Crippen molar-refractivity contribution in [3.05, 3.63) is 58.9 Å². The normalized spacial score (nSPS) is 18.6. The molecule has 0 saturated heterocycles. The Labute approximate surface area is 127 Å². The van der Waals surface area contributed by atoms with E-state index in [0.29, 0.717) is 5.92 Å². The summed E-state index contributed by atoms with van der Waals surface area (Å²) >= 11 is 0. The molecule has 1 atom stereocenters. The number of aromatic nitrogens is 1. The molecule has 0 bridgehead atoms. The van der Waals surface area contributed by atoms with Crippen LogP contribution in [0.5, 0.6) is 0 Å². The molecular formula is C19H25NO. The summed E-state index contributed by atoms with van der Waals surface area (Å²) in [6, 6.07) is 8.89. The van der Waals surface area contributed by atoms with Crippen LogP contribution in [0.2, 0.25) is 0 Å². The summed E-state index contributed by atoms with van der Waals surface area (Å²) in [5.41, 5.74) is 5.18. The Kier molecular flexibility index (Phi) is 4.16. The monoisotopic (exact) mass is 283 g/mol. The van der Waals surface area contributed by atoms with E-state index < -0.39 is 0 Å². The summed E-state index contributed by atoms with van der Waals surface area (Å²) in [6.07, 6.45) is 8.42. The molecule has 0 radical (unpaired) electrons. The van der Waals surface area contributed by atoms with Crippen LogP contribution in [0.4, 0.5) is 0 Å². The van der Waals surface area contributed by atoms with E-state index >= 15 is 0 Å². The van der Waals surface area contributed by atoms with Crippen molar-refractivity contribution in [2.24, 2.45) is 0 Å². The second kappa shape index (κ2) is 6.07. The molecule has 21 heavy (non-hydrogen) atoms. The Morgan fingerprint density at radius 1 is 1.14 bits per heavy atom. The molecular weight excluding hydrogens is 258 g/mol. The van der Waals surface area contributed by atoms with Gasteiger partial charge in [-0.2, -0.15) is 0 Å². The number of hydrogen-bond acceptors (Lipinski definition) is 1. The Bertz CT molecular complexity index is 595. The standard InChI is InChI=1S/C19H25NO/c1-14(2)16-9-7-15(8-10-16)11-20-12-17-5-3-4-6-19(21)18(17)13-20/h7-10,12-14,19,21H,3-6,11H2,1-2H3. The zero-order valence-corrected chi connectivity index (χ0v) is 13.0. The van der Waals surface area contributed by atoms with Gasteiger partial charge in [0, 0.05) is 24.5 Å². The fourth-order valence-electron chi connectivity index (χ4n) is 3.20. The fraction of sp³-hybridized carbons (Fsp3) is 0.474. The summed E-state index contributed by atoms with van der Waals surface area (Å²) in [5.74, 6) is 0.580. The second-order valence-electron chi connectivity index (χ2n) is 6.57. The Morgan fingerprint density at radius 2 is 1.90 bits per heavy atom. The molecule has 2 aromatic rings. The zero-order valence-electron chi connectivity index (χ0n) is 13.0. The van der Waals surface area contributed by atoms with Gasteiger partial charge in [-0.1, -0.05) is 44.5 Å². The number of nitrogens with zero attached hydrogens (tertiary/aromatic N) is 1. The Hall–Kier alpha value is -1.54. The molecule has 1 unspecified atom stereocenters. The minimum Gasteiger partial charge on any atom is -0.388 e. The number of aliphatic hydroxyl groups is 1. The predicted molar refractivity (Wildman–Crippen MR) is 86.6 cm³/mol. The first-order valence-corrected chi connectivity index (χ1v) is 8.09. The topological polar surface area (TPSA) is 25.2 Å². The summed E-state index contributed by atoms with van der Waals surface area (Å²) in [6.45, 7) is 5.33. The average Bonchev–Trinajstić information content (AvgIpc) is 2.79. The number of aliphatic hydroxyl groups excluding tert-OH is 1. The molecule has 1 N–H and O–H groups in total. The Morgan fingerprint density at radius 3 is 2.62 bits per heavy atom. The van der Waals surface area contributed by atoms with Crippen molar-refractivity contribution in [1.82, 2.24) is 4.57 Å². The fourth-order valence-corrected chi connectivity index (χ4v) is 3.20. The second-order valence-corrected chi connectivity index (χ2v) is 6.57. The van der Waals surface area contributed by atoms with E-state index in [1.54, 1.807) is 0 Å². The molecule has 3 rings (SSSR count). The minimum atomic E-state index is -0.271. The van der Waals surface area contributed by atoms with Gasteiger partial charge in [-0.25, -0.2) is 0 Å². The van der Waals surface area contributed by atoms with Crippen LogP contribution in [0.1, 0.15) is 67.4 Å². The molecule has 2 heteroatoms. The number of rotatable bonds is 3. The molecule has 1 aliphatic rings. The molecule has 1 aromatic carbocycles. The lowest BCUT2D eigenvalue weighted by Crippen LogP contribution is -1.98. The van der Waals surface area contributed by atoms with E-state index in [1.807, 2.05) is 0 Å². The van der Waals surface area contributed by atoms with E-state index in [1.165, 1.54) is 23.1 Å². The number of fused-ring (bicyclic) bond motifs is 1. The number of hydrogen-bond donors (Lipinski definition) is 1. The van der Waals surface area contributed by atoms with Crippen molar-refractivity contribution in [2.75, 3.05) is 0 Å². The molecule has 1 heterocycles. The van der Waals surface area contributed by atoms with Crippen LogP contribution >= 0.6 is 0 Å². The molecule has 112 valence electrons.